The summed E-state index contributed by atoms with van der Waals surface area (Å²) >= 11 is 0. The number of hydrogen-bond donors (Lipinski definition) is 1. The lowest BCUT2D eigenvalue weighted by atomic mass is 10.1. The Hall–Kier alpha value is -1.92. The Bertz CT molecular complexity index is 517. The zero-order chi connectivity index (χ0) is 16.1. The monoisotopic (exact) mass is 307 g/mol. The molecule has 2 rings (SSSR count). The number of carbonyl (C=O) groups is 2. The van der Waals surface area contributed by atoms with Crippen molar-refractivity contribution in [2.45, 2.75) is 32.7 Å². The number of rotatable bonds is 5. The number of nitrogens with zero attached hydrogens (tertiary/aromatic N) is 1. The normalized spacial score (nSPS) is 21.2. The van der Waals surface area contributed by atoms with Crippen molar-refractivity contribution in [2.24, 2.45) is 5.92 Å². The second-order valence-electron chi connectivity index (χ2n) is 5.56. The Balaban J connectivity index is 2.06. The Morgan fingerprint density at radius 1 is 1.36 bits per heavy atom. The average molecular weight is 307 g/mol. The van der Waals surface area contributed by atoms with E-state index in [1.54, 1.807) is 0 Å². The molecule has 0 saturated carbocycles. The summed E-state index contributed by atoms with van der Waals surface area (Å²) in [5, 5.41) is 9.04. The number of ether oxygens (including phenoxy) is 2. The Kier molecular flexibility index (Phi) is 5.51. The molecule has 1 fully saturated rings. The predicted octanol–water partition coefficient (Wildman–Crippen LogP) is 1.57. The third kappa shape index (κ3) is 3.64. The minimum absolute atomic E-state index is 0.0146. The fourth-order valence-corrected chi connectivity index (χ4v) is 2.42. The van der Waals surface area contributed by atoms with Crippen molar-refractivity contribution >= 4 is 11.9 Å². The molecule has 0 aliphatic carbocycles. The summed E-state index contributed by atoms with van der Waals surface area (Å²) < 4.78 is 10.8. The van der Waals surface area contributed by atoms with Gasteiger partial charge in [-0.1, -0.05) is 44.2 Å². The highest BCUT2D eigenvalue weighted by molar-refractivity contribution is 5.88. The molecule has 120 valence electrons. The van der Waals surface area contributed by atoms with Crippen LogP contribution in [0.5, 0.6) is 0 Å². The largest absolute Gasteiger partial charge is 0.444 e. The zero-order valence-corrected chi connectivity index (χ0v) is 12.8. The quantitative estimate of drug-likeness (QED) is 0.893. The van der Waals surface area contributed by atoms with E-state index < -0.39 is 30.8 Å². The molecule has 0 unspecified atom stereocenters. The van der Waals surface area contributed by atoms with Gasteiger partial charge in [-0.3, -0.25) is 9.69 Å². The van der Waals surface area contributed by atoms with Crippen molar-refractivity contribution in [2.75, 3.05) is 13.2 Å². The summed E-state index contributed by atoms with van der Waals surface area (Å²) in [6.07, 6.45) is -1.13. The molecule has 1 N–H and O–H groups in total. The van der Waals surface area contributed by atoms with Gasteiger partial charge in [0.1, 0.15) is 25.5 Å². The maximum absolute atomic E-state index is 12.4. The Morgan fingerprint density at radius 3 is 2.64 bits per heavy atom. The van der Waals surface area contributed by atoms with Gasteiger partial charge in [0, 0.05) is 0 Å². The van der Waals surface area contributed by atoms with E-state index in [0.29, 0.717) is 0 Å². The van der Waals surface area contributed by atoms with E-state index in [4.69, 9.17) is 14.6 Å². The van der Waals surface area contributed by atoms with E-state index in [1.807, 2.05) is 44.2 Å². The molecule has 6 nitrogen and oxygen atoms in total. The van der Waals surface area contributed by atoms with Crippen LogP contribution in [0.1, 0.15) is 19.4 Å². The molecule has 1 aliphatic heterocycles. The molecule has 1 amide bonds. The fraction of sp³-hybridized carbons (Fsp3) is 0.500. The number of aliphatic hydroxyl groups is 1. The average Bonchev–Trinajstić information content (AvgIpc) is 2.98. The molecule has 2 atom stereocenters. The topological polar surface area (TPSA) is 76.1 Å². The van der Waals surface area contributed by atoms with E-state index >= 15 is 0 Å². The summed E-state index contributed by atoms with van der Waals surface area (Å²) in [4.78, 5) is 25.4. The lowest BCUT2D eigenvalue weighted by Gasteiger charge is -2.28. The summed E-state index contributed by atoms with van der Waals surface area (Å²) in [7, 11) is 0. The molecule has 1 aromatic carbocycles. The van der Waals surface area contributed by atoms with E-state index in [-0.39, 0.29) is 19.1 Å². The van der Waals surface area contributed by atoms with Gasteiger partial charge in [-0.2, -0.15) is 0 Å². The van der Waals surface area contributed by atoms with Crippen LogP contribution in [0.15, 0.2) is 30.3 Å². The zero-order valence-electron chi connectivity index (χ0n) is 12.8. The van der Waals surface area contributed by atoms with E-state index in [0.717, 1.165) is 5.56 Å². The van der Waals surface area contributed by atoms with Crippen molar-refractivity contribution in [1.82, 2.24) is 4.90 Å². The second kappa shape index (κ2) is 7.38. The standard InChI is InChI=1S/C16H21NO5/c1-11(2)15-17(13(10-21-15)14(19)8-18)16(20)22-9-12-6-4-3-5-7-12/h3-7,11,13,15,18H,8-10H2,1-2H3/t13-,15+/m1/s1. The molecule has 22 heavy (non-hydrogen) atoms. The maximum Gasteiger partial charge on any atom is 0.412 e. The first-order chi connectivity index (χ1) is 10.5. The Morgan fingerprint density at radius 2 is 2.05 bits per heavy atom. The van der Waals surface area contributed by atoms with E-state index in [1.165, 1.54) is 4.90 Å². The summed E-state index contributed by atoms with van der Waals surface area (Å²) in [5.74, 6) is -0.430. The highest BCUT2D eigenvalue weighted by Crippen LogP contribution is 2.25. The van der Waals surface area contributed by atoms with Gasteiger partial charge >= 0.3 is 6.09 Å². The highest BCUT2D eigenvalue weighted by atomic mass is 16.6. The molecule has 0 bridgehead atoms. The van der Waals surface area contributed by atoms with Crippen LogP contribution in [0.3, 0.4) is 0 Å². The van der Waals surface area contributed by atoms with Crippen molar-refractivity contribution in [3.63, 3.8) is 0 Å². The molecular formula is C16H21NO5. The van der Waals surface area contributed by atoms with Crippen LogP contribution >= 0.6 is 0 Å². The molecule has 0 spiro atoms. The number of amides is 1. The van der Waals surface area contributed by atoms with Crippen molar-refractivity contribution in [3.05, 3.63) is 35.9 Å². The first kappa shape index (κ1) is 16.5. The molecular weight excluding hydrogens is 286 g/mol. The first-order valence-electron chi connectivity index (χ1n) is 7.28. The predicted molar refractivity (Wildman–Crippen MR) is 78.9 cm³/mol. The number of carbonyl (C=O) groups excluding carboxylic acids is 2. The van der Waals surface area contributed by atoms with E-state index in [9.17, 15) is 9.59 Å². The van der Waals surface area contributed by atoms with Crippen LogP contribution in [0.2, 0.25) is 0 Å². The molecule has 0 aromatic heterocycles. The number of ketones is 1. The SMILES string of the molecule is CC(C)[C@@H]1OC[C@H](C(=O)CO)N1C(=O)OCc1ccccc1. The molecule has 6 heteroatoms. The third-order valence-electron chi connectivity index (χ3n) is 3.55. The van der Waals surface area contributed by atoms with Crippen LogP contribution in [-0.2, 0) is 20.9 Å². The van der Waals surface area contributed by atoms with Gasteiger partial charge in [-0.15, -0.1) is 0 Å². The minimum atomic E-state index is -0.791. The van der Waals surface area contributed by atoms with Gasteiger partial charge in [0.05, 0.1) is 6.61 Å². The van der Waals surface area contributed by atoms with Crippen molar-refractivity contribution < 1.29 is 24.2 Å². The van der Waals surface area contributed by atoms with Crippen LogP contribution in [0.4, 0.5) is 4.79 Å². The van der Waals surface area contributed by atoms with Gasteiger partial charge in [0.25, 0.3) is 0 Å². The van der Waals surface area contributed by atoms with Crippen LogP contribution in [0, 0.1) is 5.92 Å². The molecule has 1 saturated heterocycles. The lowest BCUT2D eigenvalue weighted by Crippen LogP contribution is -2.48. The van der Waals surface area contributed by atoms with Crippen molar-refractivity contribution in [3.8, 4) is 0 Å². The number of benzene rings is 1. The molecule has 1 heterocycles. The lowest BCUT2D eigenvalue weighted by molar-refractivity contribution is -0.126. The number of Topliss-reactive ketones (excluding diaryl/α,β-unsaturated/α-hetero) is 1. The van der Waals surface area contributed by atoms with Gasteiger partial charge in [-0.05, 0) is 11.5 Å². The minimum Gasteiger partial charge on any atom is -0.444 e. The fourth-order valence-electron chi connectivity index (χ4n) is 2.42. The summed E-state index contributed by atoms with van der Waals surface area (Å²) in [5.41, 5.74) is 0.863. The smallest absolute Gasteiger partial charge is 0.412 e. The highest BCUT2D eigenvalue weighted by Gasteiger charge is 2.43. The van der Waals surface area contributed by atoms with Gasteiger partial charge in [-0.25, -0.2) is 4.79 Å². The molecule has 1 aromatic rings. The molecule has 1 aliphatic rings. The van der Waals surface area contributed by atoms with Gasteiger partial charge < -0.3 is 14.6 Å². The number of aliphatic hydroxyl groups excluding tert-OH is 1. The van der Waals surface area contributed by atoms with Crippen molar-refractivity contribution in [1.29, 1.82) is 0 Å². The number of hydrogen-bond acceptors (Lipinski definition) is 5. The summed E-state index contributed by atoms with van der Waals surface area (Å²) in [6, 6.07) is 8.51. The second-order valence-corrected chi connectivity index (χ2v) is 5.56. The Labute approximate surface area is 129 Å². The third-order valence-corrected chi connectivity index (χ3v) is 3.55. The van der Waals surface area contributed by atoms with Crippen LogP contribution in [-0.4, -0.2) is 47.4 Å². The van der Waals surface area contributed by atoms with Crippen LogP contribution < -0.4 is 0 Å². The van der Waals surface area contributed by atoms with Gasteiger partial charge in [0.15, 0.2) is 5.78 Å². The van der Waals surface area contributed by atoms with Crippen LogP contribution in [0.25, 0.3) is 0 Å². The maximum atomic E-state index is 12.4. The molecule has 0 radical (unpaired) electrons. The van der Waals surface area contributed by atoms with Gasteiger partial charge in [0.2, 0.25) is 0 Å². The first-order valence-corrected chi connectivity index (χ1v) is 7.28. The van der Waals surface area contributed by atoms with E-state index in [2.05, 4.69) is 0 Å². The summed E-state index contributed by atoms with van der Waals surface area (Å²) in [6.45, 7) is 3.38.